The van der Waals surface area contributed by atoms with E-state index < -0.39 is 5.60 Å². The Kier molecular flexibility index (Phi) is 4.05. The van der Waals surface area contributed by atoms with Crippen molar-refractivity contribution in [3.63, 3.8) is 0 Å². The first-order chi connectivity index (χ1) is 8.17. The number of piperidine rings is 1. The fraction of sp³-hybridized carbons (Fsp3) is 0.923. The zero-order chi connectivity index (χ0) is 12.3. The molecule has 2 aliphatic rings. The van der Waals surface area contributed by atoms with E-state index in [4.69, 9.17) is 4.74 Å². The molecule has 0 radical (unpaired) electrons. The van der Waals surface area contributed by atoms with E-state index >= 15 is 0 Å². The van der Waals surface area contributed by atoms with Crippen LogP contribution in [0.15, 0.2) is 0 Å². The van der Waals surface area contributed by atoms with Crippen molar-refractivity contribution >= 4 is 5.91 Å². The van der Waals surface area contributed by atoms with Crippen LogP contribution in [0.1, 0.15) is 39.5 Å². The topological polar surface area (TPSA) is 41.6 Å². The maximum atomic E-state index is 12.6. The van der Waals surface area contributed by atoms with Crippen LogP contribution in [-0.4, -0.2) is 48.7 Å². The third-order valence-corrected chi connectivity index (χ3v) is 3.98. The summed E-state index contributed by atoms with van der Waals surface area (Å²) in [5.74, 6) is 0.186. The number of carbonyl (C=O) groups excluding carboxylic acids is 1. The molecule has 2 heterocycles. The standard InChI is InChI=1S/C13H24N2O2/c1-3-15(11-6-4-8-14-10-11)12(16)13(2)7-5-9-17-13/h11,14H,3-10H2,1-2H3. The molecule has 98 valence electrons. The Morgan fingerprint density at radius 3 is 2.88 bits per heavy atom. The first-order valence-electron chi connectivity index (χ1n) is 6.83. The summed E-state index contributed by atoms with van der Waals surface area (Å²) in [7, 11) is 0. The Bertz CT molecular complexity index is 269. The number of carbonyl (C=O) groups is 1. The number of nitrogens with one attached hydrogen (secondary N) is 1. The van der Waals surface area contributed by atoms with Crippen molar-refractivity contribution in [2.24, 2.45) is 0 Å². The second-order valence-corrected chi connectivity index (χ2v) is 5.27. The van der Waals surface area contributed by atoms with Gasteiger partial charge in [-0.15, -0.1) is 0 Å². The number of ether oxygens (including phenoxy) is 1. The lowest BCUT2D eigenvalue weighted by molar-refractivity contribution is -0.153. The first kappa shape index (κ1) is 12.8. The minimum Gasteiger partial charge on any atom is -0.365 e. The molecule has 2 saturated heterocycles. The Morgan fingerprint density at radius 1 is 1.53 bits per heavy atom. The maximum Gasteiger partial charge on any atom is 0.254 e. The minimum absolute atomic E-state index is 0.186. The number of hydrogen-bond acceptors (Lipinski definition) is 3. The van der Waals surface area contributed by atoms with Crippen molar-refractivity contribution in [2.45, 2.75) is 51.2 Å². The minimum atomic E-state index is -0.562. The lowest BCUT2D eigenvalue weighted by Crippen LogP contribution is -2.55. The van der Waals surface area contributed by atoms with Gasteiger partial charge in [-0.05, 0) is 46.1 Å². The number of amides is 1. The van der Waals surface area contributed by atoms with Crippen LogP contribution >= 0.6 is 0 Å². The molecule has 2 rings (SSSR count). The van der Waals surface area contributed by atoms with Crippen molar-refractivity contribution in [1.82, 2.24) is 10.2 Å². The summed E-state index contributed by atoms with van der Waals surface area (Å²) < 4.78 is 5.66. The third-order valence-electron chi connectivity index (χ3n) is 3.98. The average Bonchev–Trinajstić information content (AvgIpc) is 2.80. The second kappa shape index (κ2) is 5.36. The van der Waals surface area contributed by atoms with E-state index in [-0.39, 0.29) is 5.91 Å². The average molecular weight is 240 g/mol. The van der Waals surface area contributed by atoms with Crippen LogP contribution in [0.5, 0.6) is 0 Å². The molecular formula is C13H24N2O2. The molecule has 1 N–H and O–H groups in total. The highest BCUT2D eigenvalue weighted by molar-refractivity contribution is 5.85. The molecule has 4 heteroatoms. The van der Waals surface area contributed by atoms with Crippen LogP contribution in [0.2, 0.25) is 0 Å². The molecule has 0 aromatic rings. The monoisotopic (exact) mass is 240 g/mol. The molecule has 0 saturated carbocycles. The molecule has 17 heavy (non-hydrogen) atoms. The molecular weight excluding hydrogens is 216 g/mol. The van der Waals surface area contributed by atoms with E-state index in [1.54, 1.807) is 0 Å². The quantitative estimate of drug-likeness (QED) is 0.805. The Morgan fingerprint density at radius 2 is 2.35 bits per heavy atom. The molecule has 4 nitrogen and oxygen atoms in total. The summed E-state index contributed by atoms with van der Waals surface area (Å²) >= 11 is 0. The number of nitrogens with zero attached hydrogens (tertiary/aromatic N) is 1. The molecule has 2 unspecified atom stereocenters. The van der Waals surface area contributed by atoms with Gasteiger partial charge in [-0.25, -0.2) is 0 Å². The zero-order valence-corrected chi connectivity index (χ0v) is 11.0. The highest BCUT2D eigenvalue weighted by Gasteiger charge is 2.42. The van der Waals surface area contributed by atoms with Crippen LogP contribution < -0.4 is 5.32 Å². The third kappa shape index (κ3) is 2.63. The van der Waals surface area contributed by atoms with Gasteiger partial charge in [0, 0.05) is 25.7 Å². The maximum absolute atomic E-state index is 12.6. The molecule has 0 bridgehead atoms. The van der Waals surface area contributed by atoms with Crippen LogP contribution in [0.25, 0.3) is 0 Å². The van der Waals surface area contributed by atoms with E-state index in [1.165, 1.54) is 0 Å². The normalized spacial score (nSPS) is 33.6. The van der Waals surface area contributed by atoms with Crippen molar-refractivity contribution < 1.29 is 9.53 Å². The van der Waals surface area contributed by atoms with Crippen LogP contribution in [0, 0.1) is 0 Å². The van der Waals surface area contributed by atoms with E-state index in [1.807, 2.05) is 11.8 Å². The molecule has 2 atom stereocenters. The van der Waals surface area contributed by atoms with Crippen LogP contribution in [0.4, 0.5) is 0 Å². The predicted molar refractivity (Wildman–Crippen MR) is 66.9 cm³/mol. The number of hydrogen-bond donors (Lipinski definition) is 1. The van der Waals surface area contributed by atoms with E-state index in [0.717, 1.165) is 51.9 Å². The summed E-state index contributed by atoms with van der Waals surface area (Å²) in [6.45, 7) is 7.52. The summed E-state index contributed by atoms with van der Waals surface area (Å²) in [4.78, 5) is 14.6. The smallest absolute Gasteiger partial charge is 0.254 e. The van der Waals surface area contributed by atoms with E-state index in [2.05, 4.69) is 12.2 Å². The van der Waals surface area contributed by atoms with Gasteiger partial charge >= 0.3 is 0 Å². The Balaban J connectivity index is 2.03. The Labute approximate surface area is 104 Å². The molecule has 1 amide bonds. The highest BCUT2D eigenvalue weighted by Crippen LogP contribution is 2.28. The number of likely N-dealkylation sites (N-methyl/N-ethyl adjacent to an activating group) is 1. The van der Waals surface area contributed by atoms with E-state index in [9.17, 15) is 4.79 Å². The predicted octanol–water partition coefficient (Wildman–Crippen LogP) is 1.16. The van der Waals surface area contributed by atoms with Gasteiger partial charge in [-0.3, -0.25) is 4.79 Å². The molecule has 2 aliphatic heterocycles. The van der Waals surface area contributed by atoms with Crippen molar-refractivity contribution in [1.29, 1.82) is 0 Å². The van der Waals surface area contributed by atoms with Gasteiger partial charge in [-0.2, -0.15) is 0 Å². The lowest BCUT2D eigenvalue weighted by Gasteiger charge is -2.38. The molecule has 0 spiro atoms. The SMILES string of the molecule is CCN(C(=O)C1(C)CCCO1)C1CCCNC1. The fourth-order valence-electron chi connectivity index (χ4n) is 2.92. The second-order valence-electron chi connectivity index (χ2n) is 5.27. The fourth-order valence-corrected chi connectivity index (χ4v) is 2.92. The van der Waals surface area contributed by atoms with Crippen LogP contribution in [-0.2, 0) is 9.53 Å². The number of rotatable bonds is 3. The summed E-state index contributed by atoms with van der Waals surface area (Å²) in [5, 5.41) is 3.37. The Hall–Kier alpha value is -0.610. The zero-order valence-electron chi connectivity index (χ0n) is 11.0. The van der Waals surface area contributed by atoms with E-state index in [0.29, 0.717) is 6.04 Å². The molecule has 0 aromatic heterocycles. The van der Waals surface area contributed by atoms with Gasteiger partial charge in [0.2, 0.25) is 0 Å². The van der Waals surface area contributed by atoms with Crippen LogP contribution in [0.3, 0.4) is 0 Å². The lowest BCUT2D eigenvalue weighted by atomic mass is 9.98. The van der Waals surface area contributed by atoms with Gasteiger partial charge < -0.3 is 15.0 Å². The molecule has 0 aliphatic carbocycles. The van der Waals surface area contributed by atoms with Crippen molar-refractivity contribution in [2.75, 3.05) is 26.2 Å². The van der Waals surface area contributed by atoms with Crippen molar-refractivity contribution in [3.8, 4) is 0 Å². The summed E-state index contributed by atoms with van der Waals surface area (Å²) in [6, 6.07) is 0.349. The highest BCUT2D eigenvalue weighted by atomic mass is 16.5. The molecule has 0 aromatic carbocycles. The summed E-state index contributed by atoms with van der Waals surface area (Å²) in [5.41, 5.74) is -0.562. The summed E-state index contributed by atoms with van der Waals surface area (Å²) in [6.07, 6.45) is 4.14. The molecule has 2 fully saturated rings. The van der Waals surface area contributed by atoms with Gasteiger partial charge in [-0.1, -0.05) is 0 Å². The largest absolute Gasteiger partial charge is 0.365 e. The van der Waals surface area contributed by atoms with Gasteiger partial charge in [0.05, 0.1) is 0 Å². The van der Waals surface area contributed by atoms with Gasteiger partial charge in [0.25, 0.3) is 5.91 Å². The first-order valence-corrected chi connectivity index (χ1v) is 6.83. The van der Waals surface area contributed by atoms with Gasteiger partial charge in [0.1, 0.15) is 5.60 Å². The van der Waals surface area contributed by atoms with Gasteiger partial charge in [0.15, 0.2) is 0 Å². The van der Waals surface area contributed by atoms with Crippen molar-refractivity contribution in [3.05, 3.63) is 0 Å².